The highest BCUT2D eigenvalue weighted by molar-refractivity contribution is 6.84. The van der Waals surface area contributed by atoms with Crippen molar-refractivity contribution in [2.24, 2.45) is 21.6 Å². The molecule has 0 spiro atoms. The van der Waals surface area contributed by atoms with Crippen LogP contribution in [0.4, 0.5) is 11.6 Å². The van der Waals surface area contributed by atoms with Crippen LogP contribution in [0.3, 0.4) is 0 Å². The summed E-state index contributed by atoms with van der Waals surface area (Å²) in [6.45, 7) is -1.65. The van der Waals surface area contributed by atoms with E-state index in [1.165, 1.54) is 69.7 Å². The Hall–Kier alpha value is -2.67. The summed E-state index contributed by atoms with van der Waals surface area (Å²) < 4.78 is 2.33. The topological polar surface area (TPSA) is 84.2 Å². The molecular weight excluding hydrogens is 397 g/mol. The first-order valence-electron chi connectivity index (χ1n) is 12.3. The smallest absolute Gasteiger partial charge is 0.412 e. The fraction of sp³-hybridized carbons (Fsp3) is 0.480. The Morgan fingerprint density at radius 3 is 1.66 bits per heavy atom. The van der Waals surface area contributed by atoms with Crippen molar-refractivity contribution < 1.29 is 9.95 Å². The van der Waals surface area contributed by atoms with Crippen molar-refractivity contribution in [1.82, 2.24) is 0 Å². The number of anilines is 2. The van der Waals surface area contributed by atoms with Crippen LogP contribution in [0.15, 0.2) is 58.3 Å². The first-order chi connectivity index (χ1) is 15.3. The molecule has 3 heterocycles. The summed E-state index contributed by atoms with van der Waals surface area (Å²) >= 11 is 0. The van der Waals surface area contributed by atoms with E-state index in [4.69, 9.17) is 9.81 Å². The molecule has 2 aliphatic carbocycles. The Balaban J connectivity index is 0.00000216. The molecule has 1 aromatic heterocycles. The molecule has 0 atom stereocenters. The van der Waals surface area contributed by atoms with E-state index < -0.39 is 6.55 Å². The molecule has 0 radical (unpaired) electrons. The number of nitrogens with one attached hydrogen (secondary N) is 2. The van der Waals surface area contributed by atoms with Gasteiger partial charge in [0, 0.05) is 24.0 Å². The zero-order valence-corrected chi connectivity index (χ0v) is 18.8. The van der Waals surface area contributed by atoms with Crippen LogP contribution < -0.4 is 20.6 Å². The van der Waals surface area contributed by atoms with Crippen molar-refractivity contribution in [3.8, 4) is 0 Å². The maximum Gasteiger partial charge on any atom is 0.418 e. The first kappa shape index (κ1) is 21.2. The lowest BCUT2D eigenvalue weighted by Crippen LogP contribution is -2.76. The van der Waals surface area contributed by atoms with E-state index in [1.54, 1.807) is 0 Å². The van der Waals surface area contributed by atoms with Gasteiger partial charge in [0.2, 0.25) is 0 Å². The highest BCUT2D eigenvalue weighted by Crippen LogP contribution is 2.32. The number of rotatable bonds is 3. The molecule has 1 aromatic carbocycles. The lowest BCUT2D eigenvalue weighted by molar-refractivity contribution is -0.515. The summed E-state index contributed by atoms with van der Waals surface area (Å²) in [6, 6.07) is 17.3. The fourth-order valence-electron chi connectivity index (χ4n) is 6.15. The second-order valence-electron chi connectivity index (χ2n) is 9.76. The number of nitrogens with zero attached hydrogens (tertiary/aromatic N) is 3. The normalized spacial score (nSPS) is 22.4. The zero-order valence-electron chi connectivity index (χ0n) is 18.8. The minimum absolute atomic E-state index is 0. The van der Waals surface area contributed by atoms with Gasteiger partial charge in [-0.2, -0.15) is 0 Å². The predicted octanol–water partition coefficient (Wildman–Crippen LogP) is 3.65. The van der Waals surface area contributed by atoms with E-state index in [0.29, 0.717) is 11.8 Å². The quantitative estimate of drug-likeness (QED) is 0.728. The SMILES string of the molecule is O.c1ccc([B-]23N=C(C4CCCCC4)Nc4cccc([n+]42)NC(C2CCCCC2)=N3)cc1. The van der Waals surface area contributed by atoms with E-state index in [-0.39, 0.29) is 5.48 Å². The molecule has 2 fully saturated rings. The van der Waals surface area contributed by atoms with Crippen LogP contribution in [0.1, 0.15) is 64.2 Å². The van der Waals surface area contributed by atoms with Crippen LogP contribution in [-0.4, -0.2) is 23.7 Å². The monoisotopic (exact) mass is 431 g/mol. The summed E-state index contributed by atoms with van der Waals surface area (Å²) in [4.78, 5) is 11.1. The van der Waals surface area contributed by atoms with E-state index >= 15 is 0 Å². The number of aromatic nitrogens is 1. The largest absolute Gasteiger partial charge is 0.418 e. The van der Waals surface area contributed by atoms with Gasteiger partial charge in [0.05, 0.1) is 0 Å². The second-order valence-corrected chi connectivity index (χ2v) is 9.76. The van der Waals surface area contributed by atoms with Crippen molar-refractivity contribution in [2.75, 3.05) is 10.6 Å². The van der Waals surface area contributed by atoms with E-state index in [0.717, 1.165) is 23.3 Å². The van der Waals surface area contributed by atoms with Gasteiger partial charge in [-0.25, -0.2) is 0 Å². The molecular formula is C25H34BN5O. The third-order valence-electron chi connectivity index (χ3n) is 7.77. The van der Waals surface area contributed by atoms with Gasteiger partial charge >= 0.3 is 6.55 Å². The standard InChI is InChI=1S/C25H32BN5.H2O/c1-4-11-19(12-5-1)24-27-22-17-10-18-23-28-25(20-13-6-2-7-14-20)30-26(29-24,31(22)23)21-15-8-3-9-16-21;/h3,8-10,15-20H,1-2,4-7,11-14H2,(H,27,29)(H,28,30);1H2. The number of hydrogen-bond donors (Lipinski definition) is 2. The molecule has 0 amide bonds. The van der Waals surface area contributed by atoms with E-state index in [1.807, 2.05) is 0 Å². The van der Waals surface area contributed by atoms with Gasteiger partial charge in [-0.3, -0.25) is 10.6 Å². The highest BCUT2D eigenvalue weighted by Gasteiger charge is 2.45. The highest BCUT2D eigenvalue weighted by atomic mass is 16.0. The molecule has 0 saturated heterocycles. The summed E-state index contributed by atoms with van der Waals surface area (Å²) in [5, 5.41) is 7.43. The van der Waals surface area contributed by atoms with Gasteiger partial charge in [0.15, 0.2) is 11.6 Å². The molecule has 7 heteroatoms. The van der Waals surface area contributed by atoms with E-state index in [2.05, 4.69) is 63.6 Å². The van der Waals surface area contributed by atoms with Gasteiger partial charge in [-0.1, -0.05) is 68.9 Å². The van der Waals surface area contributed by atoms with Crippen molar-refractivity contribution in [3.05, 3.63) is 48.5 Å². The predicted molar refractivity (Wildman–Crippen MR) is 133 cm³/mol. The average molecular weight is 431 g/mol. The Labute approximate surface area is 190 Å². The van der Waals surface area contributed by atoms with Gasteiger partial charge in [0.25, 0.3) is 0 Å². The number of benzene rings is 1. The molecule has 4 aliphatic rings. The zero-order chi connectivity index (χ0) is 20.7. The first-order valence-corrected chi connectivity index (χ1v) is 12.3. The number of hydrogen-bond acceptors (Lipinski definition) is 4. The maximum absolute atomic E-state index is 5.53. The molecule has 0 bridgehead atoms. The molecule has 6 nitrogen and oxygen atoms in total. The minimum atomic E-state index is -1.65. The Bertz CT molecular complexity index is 970. The molecule has 2 aliphatic heterocycles. The minimum Gasteiger partial charge on any atom is -0.412 e. The average Bonchev–Trinajstić information content (AvgIpc) is 2.85. The molecule has 2 saturated carbocycles. The molecule has 6 rings (SSSR count). The third-order valence-corrected chi connectivity index (χ3v) is 7.77. The van der Waals surface area contributed by atoms with Crippen molar-refractivity contribution in [2.45, 2.75) is 64.2 Å². The van der Waals surface area contributed by atoms with Gasteiger partial charge in [0.1, 0.15) is 11.7 Å². The van der Waals surface area contributed by atoms with Crippen molar-refractivity contribution >= 4 is 35.3 Å². The van der Waals surface area contributed by atoms with Crippen LogP contribution in [0.2, 0.25) is 0 Å². The fourth-order valence-corrected chi connectivity index (χ4v) is 6.15. The summed E-state index contributed by atoms with van der Waals surface area (Å²) in [6.07, 6.45) is 12.8. The van der Waals surface area contributed by atoms with E-state index in [9.17, 15) is 0 Å². The van der Waals surface area contributed by atoms with Gasteiger partial charge in [-0.05, 0) is 31.7 Å². The lowest BCUT2D eigenvalue weighted by Gasteiger charge is -2.45. The van der Waals surface area contributed by atoms with Crippen LogP contribution in [0.5, 0.6) is 0 Å². The molecule has 168 valence electrons. The van der Waals surface area contributed by atoms with Gasteiger partial charge in [-0.15, -0.1) is 5.46 Å². The second kappa shape index (κ2) is 8.70. The van der Waals surface area contributed by atoms with Crippen LogP contribution >= 0.6 is 0 Å². The van der Waals surface area contributed by atoms with Crippen molar-refractivity contribution in [1.29, 1.82) is 0 Å². The van der Waals surface area contributed by atoms with Gasteiger partial charge < -0.3 is 19.8 Å². The molecule has 0 unspecified atom stereocenters. The van der Waals surface area contributed by atoms with Crippen LogP contribution in [0.25, 0.3) is 0 Å². The Morgan fingerprint density at radius 2 is 1.16 bits per heavy atom. The number of pyridine rings is 1. The third kappa shape index (κ3) is 3.53. The summed E-state index contributed by atoms with van der Waals surface area (Å²) in [5.74, 6) is 5.53. The van der Waals surface area contributed by atoms with Crippen molar-refractivity contribution in [3.63, 3.8) is 0 Å². The maximum atomic E-state index is 5.53. The molecule has 2 aromatic rings. The number of amidine groups is 2. The molecule has 32 heavy (non-hydrogen) atoms. The molecule has 4 N–H and O–H groups in total. The summed E-state index contributed by atoms with van der Waals surface area (Å²) in [7, 11) is 0. The summed E-state index contributed by atoms with van der Waals surface area (Å²) in [5.41, 5.74) is 1.20. The Morgan fingerprint density at radius 1 is 0.656 bits per heavy atom. The Kier molecular flexibility index (Phi) is 5.76. The van der Waals surface area contributed by atoms with Crippen LogP contribution in [0, 0.1) is 11.8 Å². The lowest BCUT2D eigenvalue weighted by atomic mass is 9.52. The van der Waals surface area contributed by atoms with Crippen LogP contribution in [-0.2, 0) is 0 Å².